The fraction of sp³-hybridized carbons (Fsp3) is 0.133. The third-order valence-corrected chi connectivity index (χ3v) is 7.91. The Morgan fingerprint density at radius 1 is 0.947 bits per heavy atom. The molecule has 0 saturated carbocycles. The number of imide groups is 1. The highest BCUT2D eigenvalue weighted by atomic mass is 79.9. The summed E-state index contributed by atoms with van der Waals surface area (Å²) < 4.78 is 12.6. The Morgan fingerprint density at radius 3 is 2.50 bits per heavy atom. The molecule has 0 radical (unpaired) electrons. The van der Waals surface area contributed by atoms with Gasteiger partial charge < -0.3 is 9.47 Å². The van der Waals surface area contributed by atoms with Gasteiger partial charge in [-0.05, 0) is 80.8 Å². The van der Waals surface area contributed by atoms with E-state index in [1.54, 1.807) is 12.1 Å². The van der Waals surface area contributed by atoms with E-state index in [0.717, 1.165) is 33.7 Å². The minimum absolute atomic E-state index is 0.214. The second-order valence-electron chi connectivity index (χ2n) is 8.55. The molecule has 1 aliphatic heterocycles. The molecule has 0 aromatic heterocycles. The smallest absolute Gasteiger partial charge is 0.293 e. The largest absolute Gasteiger partial charge is 0.490 e. The molecule has 192 valence electrons. The molecule has 1 fully saturated rings. The van der Waals surface area contributed by atoms with Crippen molar-refractivity contribution in [1.29, 1.82) is 0 Å². The maximum atomic E-state index is 13.3. The Bertz CT molecular complexity index is 1570. The number of hydrogen-bond donors (Lipinski definition) is 0. The van der Waals surface area contributed by atoms with Gasteiger partial charge in [-0.3, -0.25) is 14.5 Å². The van der Waals surface area contributed by atoms with Gasteiger partial charge >= 0.3 is 0 Å². The molecule has 5 rings (SSSR count). The van der Waals surface area contributed by atoms with E-state index in [1.165, 1.54) is 4.90 Å². The van der Waals surface area contributed by atoms with Crippen LogP contribution in [0.4, 0.5) is 4.79 Å². The fourth-order valence-electron chi connectivity index (χ4n) is 4.23. The molecule has 8 heteroatoms. The maximum Gasteiger partial charge on any atom is 0.293 e. The molecule has 1 heterocycles. The van der Waals surface area contributed by atoms with Crippen LogP contribution in [-0.2, 0) is 17.9 Å². The van der Waals surface area contributed by atoms with Crippen molar-refractivity contribution in [1.82, 2.24) is 4.90 Å². The molecule has 0 unspecified atom stereocenters. The van der Waals surface area contributed by atoms with Crippen molar-refractivity contribution < 1.29 is 19.1 Å². The SMILES string of the molecule is CCOc1cc(/C=C2/SC(=O)N(Cc3cccc4ccccc34)C2=O)cc(Br)c1OCc1ccccc1Cl. The quantitative estimate of drug-likeness (QED) is 0.188. The lowest BCUT2D eigenvalue weighted by molar-refractivity contribution is -0.123. The molecule has 38 heavy (non-hydrogen) atoms. The zero-order valence-electron chi connectivity index (χ0n) is 20.4. The van der Waals surface area contributed by atoms with Crippen LogP contribution in [0, 0.1) is 0 Å². The summed E-state index contributed by atoms with van der Waals surface area (Å²) in [7, 11) is 0. The number of thioether (sulfide) groups is 1. The molecule has 4 aromatic carbocycles. The van der Waals surface area contributed by atoms with E-state index in [2.05, 4.69) is 15.9 Å². The van der Waals surface area contributed by atoms with Gasteiger partial charge in [0.05, 0.1) is 22.5 Å². The summed E-state index contributed by atoms with van der Waals surface area (Å²) in [6, 6.07) is 25.0. The standard InChI is InChI=1S/C30H23BrClNO4S/c1-2-36-26-15-19(14-24(31)28(26)37-18-22-9-4-6-13-25(22)32)16-27-29(34)33(30(35)38-27)17-21-11-7-10-20-8-3-5-12-23(20)21/h3-16H,2,17-18H2,1H3/b27-16+. The average molecular weight is 609 g/mol. The summed E-state index contributed by atoms with van der Waals surface area (Å²) in [5.41, 5.74) is 2.49. The fourth-order valence-corrected chi connectivity index (χ4v) is 5.83. The summed E-state index contributed by atoms with van der Waals surface area (Å²) in [4.78, 5) is 27.7. The predicted octanol–water partition coefficient (Wildman–Crippen LogP) is 8.47. The van der Waals surface area contributed by atoms with Gasteiger partial charge in [0.25, 0.3) is 11.1 Å². The third kappa shape index (κ3) is 5.60. The Morgan fingerprint density at radius 2 is 1.68 bits per heavy atom. The number of hydrogen-bond acceptors (Lipinski definition) is 5. The minimum atomic E-state index is -0.318. The van der Waals surface area contributed by atoms with Crippen molar-refractivity contribution >= 4 is 67.3 Å². The first-order chi connectivity index (χ1) is 18.4. The number of carbonyl (C=O) groups is 2. The molecule has 4 aromatic rings. The lowest BCUT2D eigenvalue weighted by Crippen LogP contribution is -2.27. The number of amides is 2. The highest BCUT2D eigenvalue weighted by Crippen LogP contribution is 2.40. The Hall–Kier alpha value is -3.26. The Labute approximate surface area is 238 Å². The van der Waals surface area contributed by atoms with Crippen molar-refractivity contribution in [3.8, 4) is 11.5 Å². The van der Waals surface area contributed by atoms with Crippen LogP contribution < -0.4 is 9.47 Å². The van der Waals surface area contributed by atoms with Crippen molar-refractivity contribution in [2.45, 2.75) is 20.1 Å². The van der Waals surface area contributed by atoms with E-state index in [9.17, 15) is 9.59 Å². The van der Waals surface area contributed by atoms with Crippen LogP contribution in [0.5, 0.6) is 11.5 Å². The lowest BCUT2D eigenvalue weighted by Gasteiger charge is -2.15. The van der Waals surface area contributed by atoms with E-state index in [0.29, 0.717) is 38.1 Å². The molecule has 1 aliphatic rings. The van der Waals surface area contributed by atoms with Gasteiger partial charge in [-0.15, -0.1) is 0 Å². The zero-order chi connectivity index (χ0) is 26.6. The molecule has 0 spiro atoms. The van der Waals surface area contributed by atoms with Crippen LogP contribution in [0.3, 0.4) is 0 Å². The van der Waals surface area contributed by atoms with Crippen molar-refractivity contribution in [3.05, 3.63) is 110 Å². The molecule has 0 bridgehead atoms. The number of benzene rings is 4. The highest BCUT2D eigenvalue weighted by Gasteiger charge is 2.35. The second kappa shape index (κ2) is 11.6. The molecule has 0 atom stereocenters. The second-order valence-corrected chi connectivity index (χ2v) is 10.8. The van der Waals surface area contributed by atoms with Gasteiger partial charge in [0.1, 0.15) is 6.61 Å². The van der Waals surface area contributed by atoms with Gasteiger partial charge in [0.15, 0.2) is 11.5 Å². The highest BCUT2D eigenvalue weighted by molar-refractivity contribution is 9.10. The number of ether oxygens (including phenoxy) is 2. The van der Waals surface area contributed by atoms with Crippen LogP contribution in [-0.4, -0.2) is 22.7 Å². The summed E-state index contributed by atoms with van der Waals surface area (Å²) in [6.07, 6.45) is 1.71. The van der Waals surface area contributed by atoms with Gasteiger partial charge in [0.2, 0.25) is 0 Å². The Kier molecular flexibility index (Phi) is 8.07. The molecular weight excluding hydrogens is 586 g/mol. The summed E-state index contributed by atoms with van der Waals surface area (Å²) >= 11 is 10.8. The van der Waals surface area contributed by atoms with Gasteiger partial charge in [-0.1, -0.05) is 72.3 Å². The van der Waals surface area contributed by atoms with E-state index in [4.69, 9.17) is 21.1 Å². The molecule has 1 saturated heterocycles. The topological polar surface area (TPSA) is 55.8 Å². The van der Waals surface area contributed by atoms with Crippen molar-refractivity contribution in [2.24, 2.45) is 0 Å². The molecule has 0 N–H and O–H groups in total. The first-order valence-electron chi connectivity index (χ1n) is 12.0. The number of nitrogens with zero attached hydrogens (tertiary/aromatic N) is 1. The van der Waals surface area contributed by atoms with Crippen LogP contribution in [0.15, 0.2) is 88.2 Å². The van der Waals surface area contributed by atoms with Crippen LogP contribution in [0.2, 0.25) is 5.02 Å². The Balaban J connectivity index is 1.39. The van der Waals surface area contributed by atoms with Gasteiger partial charge in [-0.2, -0.15) is 0 Å². The lowest BCUT2D eigenvalue weighted by atomic mass is 10.0. The van der Waals surface area contributed by atoms with E-state index in [-0.39, 0.29) is 24.3 Å². The van der Waals surface area contributed by atoms with E-state index < -0.39 is 0 Å². The number of carbonyl (C=O) groups excluding carboxylic acids is 2. The molecule has 5 nitrogen and oxygen atoms in total. The minimum Gasteiger partial charge on any atom is -0.490 e. The number of halogens is 2. The van der Waals surface area contributed by atoms with Crippen molar-refractivity contribution in [2.75, 3.05) is 6.61 Å². The number of rotatable bonds is 8. The molecule has 0 aliphatic carbocycles. The molecular formula is C30H23BrClNO4S. The average Bonchev–Trinajstić information content (AvgIpc) is 3.16. The zero-order valence-corrected chi connectivity index (χ0v) is 23.6. The third-order valence-electron chi connectivity index (χ3n) is 6.04. The summed E-state index contributed by atoms with van der Waals surface area (Å²) in [6.45, 7) is 2.80. The van der Waals surface area contributed by atoms with Crippen LogP contribution in [0.1, 0.15) is 23.6 Å². The van der Waals surface area contributed by atoms with E-state index in [1.807, 2.05) is 79.7 Å². The van der Waals surface area contributed by atoms with Gasteiger partial charge in [0, 0.05) is 10.6 Å². The first-order valence-corrected chi connectivity index (χ1v) is 14.0. The maximum absolute atomic E-state index is 13.3. The monoisotopic (exact) mass is 607 g/mol. The normalized spacial score (nSPS) is 14.5. The van der Waals surface area contributed by atoms with E-state index >= 15 is 0 Å². The number of fused-ring (bicyclic) bond motifs is 1. The predicted molar refractivity (Wildman–Crippen MR) is 157 cm³/mol. The van der Waals surface area contributed by atoms with Gasteiger partial charge in [-0.25, -0.2) is 0 Å². The summed E-state index contributed by atoms with van der Waals surface area (Å²) in [5.74, 6) is 0.740. The van der Waals surface area contributed by atoms with Crippen LogP contribution in [0.25, 0.3) is 16.8 Å². The van der Waals surface area contributed by atoms with Crippen molar-refractivity contribution in [3.63, 3.8) is 0 Å². The first kappa shape index (κ1) is 26.4. The summed E-state index contributed by atoms with van der Waals surface area (Å²) in [5, 5.41) is 2.42. The molecule has 2 amide bonds. The van der Waals surface area contributed by atoms with Crippen LogP contribution >= 0.6 is 39.3 Å².